The first-order chi connectivity index (χ1) is 21.2. The van der Waals surface area contributed by atoms with Gasteiger partial charge in [-0.2, -0.15) is 0 Å². The molecule has 0 aliphatic carbocycles. The van der Waals surface area contributed by atoms with E-state index in [1.165, 1.54) is 11.7 Å². The second-order valence-electron chi connectivity index (χ2n) is 10.3. The van der Waals surface area contributed by atoms with Gasteiger partial charge in [-0.25, -0.2) is 18.0 Å². The van der Waals surface area contributed by atoms with Gasteiger partial charge in [0.2, 0.25) is 0 Å². The number of ether oxygens (including phenoxy) is 4. The Morgan fingerprint density at radius 3 is 2.34 bits per heavy atom. The molecule has 0 unspecified atom stereocenters. The number of aromatic nitrogens is 2. The third-order valence-electron chi connectivity index (χ3n) is 7.36. The highest BCUT2D eigenvalue weighted by Crippen LogP contribution is 2.31. The third kappa shape index (κ3) is 6.69. The molecule has 234 valence electrons. The van der Waals surface area contributed by atoms with Gasteiger partial charge in [0.15, 0.2) is 29.2 Å². The zero-order chi connectivity index (χ0) is 31.4. The molecule has 1 aliphatic heterocycles. The molecule has 13 heteroatoms. The van der Waals surface area contributed by atoms with Crippen LogP contribution in [0.1, 0.15) is 30.0 Å². The standard InChI is InChI=1S/C31H29Cl2F3N2O6/c1-41-29-11-18(3-5-27(29)43-17-19-2-4-23(32)24(33)10-19)16-37-30(39)22-12-28(44-21(14-34)15-35)25(36)13-26(22)38(31(37)40)20-6-8-42-9-7-20/h2-5,10-13,20-21H,6-9,14-17H2,1H3. The van der Waals surface area contributed by atoms with Crippen molar-refractivity contribution in [3.05, 3.63) is 96.4 Å². The molecule has 1 aliphatic rings. The Hall–Kier alpha value is -3.67. The number of hydrogen-bond donors (Lipinski definition) is 0. The minimum absolute atomic E-state index is 0.0301. The van der Waals surface area contributed by atoms with Gasteiger partial charge in [0.1, 0.15) is 20.0 Å². The van der Waals surface area contributed by atoms with Crippen molar-refractivity contribution in [1.82, 2.24) is 9.13 Å². The van der Waals surface area contributed by atoms with Crippen molar-refractivity contribution in [3.8, 4) is 17.2 Å². The summed E-state index contributed by atoms with van der Waals surface area (Å²) < 4.78 is 65.8. The number of fused-ring (bicyclic) bond motifs is 1. The first-order valence-corrected chi connectivity index (χ1v) is 14.6. The van der Waals surface area contributed by atoms with E-state index in [0.29, 0.717) is 53.2 Å². The molecule has 0 radical (unpaired) electrons. The summed E-state index contributed by atoms with van der Waals surface area (Å²) in [5.74, 6) is -0.644. The summed E-state index contributed by atoms with van der Waals surface area (Å²) in [5, 5.41) is 0.792. The van der Waals surface area contributed by atoms with Crippen molar-refractivity contribution in [2.75, 3.05) is 33.7 Å². The van der Waals surface area contributed by atoms with Crippen LogP contribution in [0.25, 0.3) is 10.9 Å². The van der Waals surface area contributed by atoms with Crippen molar-refractivity contribution in [2.45, 2.75) is 38.1 Å². The second-order valence-corrected chi connectivity index (χ2v) is 11.1. The maximum atomic E-state index is 15.1. The molecule has 44 heavy (non-hydrogen) atoms. The Labute approximate surface area is 260 Å². The summed E-state index contributed by atoms with van der Waals surface area (Å²) in [7, 11) is 1.46. The minimum Gasteiger partial charge on any atom is -0.493 e. The molecule has 0 N–H and O–H groups in total. The zero-order valence-electron chi connectivity index (χ0n) is 23.7. The molecule has 4 aromatic rings. The van der Waals surface area contributed by atoms with Crippen LogP contribution in [0.2, 0.25) is 10.0 Å². The molecule has 0 amide bonds. The first-order valence-electron chi connectivity index (χ1n) is 13.8. The van der Waals surface area contributed by atoms with E-state index in [2.05, 4.69) is 0 Å². The highest BCUT2D eigenvalue weighted by atomic mass is 35.5. The van der Waals surface area contributed by atoms with Crippen molar-refractivity contribution >= 4 is 34.1 Å². The SMILES string of the molecule is COc1cc(Cn2c(=O)c3cc(OC(CF)CF)c(F)cc3n(C3CCOCC3)c2=O)ccc1OCc1ccc(Cl)c(Cl)c1. The molecule has 0 spiro atoms. The normalized spacial score (nSPS) is 13.9. The van der Waals surface area contributed by atoms with Crippen molar-refractivity contribution in [3.63, 3.8) is 0 Å². The van der Waals surface area contributed by atoms with E-state index < -0.39 is 42.3 Å². The van der Waals surface area contributed by atoms with Gasteiger partial charge in [-0.1, -0.05) is 35.3 Å². The van der Waals surface area contributed by atoms with Gasteiger partial charge in [-0.15, -0.1) is 0 Å². The van der Waals surface area contributed by atoms with Crippen molar-refractivity contribution in [1.29, 1.82) is 0 Å². The molecule has 0 bridgehead atoms. The van der Waals surface area contributed by atoms with Crippen LogP contribution in [-0.4, -0.2) is 48.9 Å². The molecule has 1 saturated heterocycles. The monoisotopic (exact) mass is 652 g/mol. The summed E-state index contributed by atoms with van der Waals surface area (Å²) in [6.45, 7) is -1.57. The molecule has 3 aromatic carbocycles. The molecule has 8 nitrogen and oxygen atoms in total. The summed E-state index contributed by atoms with van der Waals surface area (Å²) in [5.41, 5.74) is 0.0509. The van der Waals surface area contributed by atoms with E-state index in [1.807, 2.05) is 0 Å². The Morgan fingerprint density at radius 1 is 0.932 bits per heavy atom. The van der Waals surface area contributed by atoms with E-state index >= 15 is 4.39 Å². The number of benzene rings is 3. The number of nitrogens with zero attached hydrogens (tertiary/aromatic N) is 2. The number of methoxy groups -OCH3 is 1. The molecular formula is C31H29Cl2F3N2O6. The Balaban J connectivity index is 1.53. The van der Waals surface area contributed by atoms with Gasteiger partial charge in [0.25, 0.3) is 5.56 Å². The molecule has 5 rings (SSSR count). The predicted molar refractivity (Wildman–Crippen MR) is 161 cm³/mol. The number of hydrogen-bond acceptors (Lipinski definition) is 6. The molecular weight excluding hydrogens is 624 g/mol. The minimum atomic E-state index is -1.53. The van der Waals surface area contributed by atoms with Crippen LogP contribution in [0.5, 0.6) is 17.2 Å². The average molecular weight is 653 g/mol. The summed E-state index contributed by atoms with van der Waals surface area (Å²) in [6, 6.07) is 11.9. The molecule has 1 aromatic heterocycles. The van der Waals surface area contributed by atoms with Gasteiger partial charge in [0, 0.05) is 25.3 Å². The van der Waals surface area contributed by atoms with Gasteiger partial charge < -0.3 is 18.9 Å². The van der Waals surface area contributed by atoms with Crippen LogP contribution < -0.4 is 25.5 Å². The Morgan fingerprint density at radius 2 is 1.66 bits per heavy atom. The Kier molecular flexibility index (Phi) is 10.1. The summed E-state index contributed by atoms with van der Waals surface area (Å²) in [6.07, 6.45) is -0.592. The van der Waals surface area contributed by atoms with E-state index in [-0.39, 0.29) is 30.1 Å². The summed E-state index contributed by atoms with van der Waals surface area (Å²) in [4.78, 5) is 27.6. The zero-order valence-corrected chi connectivity index (χ0v) is 25.2. The van der Waals surface area contributed by atoms with Crippen LogP contribution in [0.4, 0.5) is 13.2 Å². The van der Waals surface area contributed by atoms with Crippen molar-refractivity contribution < 1.29 is 32.1 Å². The van der Waals surface area contributed by atoms with Gasteiger partial charge in [-0.3, -0.25) is 13.9 Å². The maximum absolute atomic E-state index is 15.1. The third-order valence-corrected chi connectivity index (χ3v) is 8.10. The smallest absolute Gasteiger partial charge is 0.332 e. The van der Waals surface area contributed by atoms with E-state index in [0.717, 1.165) is 22.3 Å². The highest BCUT2D eigenvalue weighted by molar-refractivity contribution is 6.42. The van der Waals surface area contributed by atoms with Crippen LogP contribution in [0, 0.1) is 5.82 Å². The fraction of sp³-hybridized carbons (Fsp3) is 0.355. The lowest BCUT2D eigenvalue weighted by Gasteiger charge is -2.26. The van der Waals surface area contributed by atoms with E-state index in [1.54, 1.807) is 36.4 Å². The lowest BCUT2D eigenvalue weighted by atomic mass is 10.1. The van der Waals surface area contributed by atoms with Gasteiger partial charge in [0.05, 0.1) is 34.6 Å². The lowest BCUT2D eigenvalue weighted by Crippen LogP contribution is -2.42. The molecule has 0 atom stereocenters. The average Bonchev–Trinajstić information content (AvgIpc) is 3.03. The maximum Gasteiger partial charge on any atom is 0.332 e. The molecule has 1 fully saturated rings. The van der Waals surface area contributed by atoms with Crippen LogP contribution in [0.3, 0.4) is 0 Å². The fourth-order valence-electron chi connectivity index (χ4n) is 5.09. The van der Waals surface area contributed by atoms with Crippen molar-refractivity contribution in [2.24, 2.45) is 0 Å². The van der Waals surface area contributed by atoms with Gasteiger partial charge >= 0.3 is 5.69 Å². The topological polar surface area (TPSA) is 80.9 Å². The first kappa shape index (κ1) is 31.7. The Bertz CT molecular complexity index is 1770. The van der Waals surface area contributed by atoms with E-state index in [9.17, 15) is 18.4 Å². The summed E-state index contributed by atoms with van der Waals surface area (Å²) >= 11 is 12.1. The van der Waals surface area contributed by atoms with E-state index in [4.69, 9.17) is 42.1 Å². The van der Waals surface area contributed by atoms with Crippen LogP contribution in [-0.2, 0) is 17.9 Å². The molecule has 0 saturated carbocycles. The lowest BCUT2D eigenvalue weighted by molar-refractivity contribution is 0.0691. The van der Waals surface area contributed by atoms with Crippen LogP contribution >= 0.6 is 23.2 Å². The number of alkyl halides is 2. The number of halogens is 5. The highest BCUT2D eigenvalue weighted by Gasteiger charge is 2.25. The predicted octanol–water partition coefficient (Wildman–Crippen LogP) is 6.28. The fourth-order valence-corrected chi connectivity index (χ4v) is 5.41. The van der Waals surface area contributed by atoms with Crippen LogP contribution in [0.15, 0.2) is 58.1 Å². The largest absolute Gasteiger partial charge is 0.493 e. The number of rotatable bonds is 11. The second kappa shape index (κ2) is 14.0. The molecule has 2 heterocycles. The van der Waals surface area contributed by atoms with Gasteiger partial charge in [-0.05, 0) is 54.3 Å². The quantitative estimate of drug-likeness (QED) is 0.190.